The second kappa shape index (κ2) is 5.13. The molecule has 2 N–H and O–H groups in total. The van der Waals surface area contributed by atoms with Crippen LogP contribution in [0.1, 0.15) is 63.0 Å². The number of hydrogen-bond acceptors (Lipinski definition) is 2. The van der Waals surface area contributed by atoms with Crippen LogP contribution in [0.3, 0.4) is 0 Å². The molecule has 2 atom stereocenters. The first-order valence-electron chi connectivity index (χ1n) is 8.45. The Kier molecular flexibility index (Phi) is 3.69. The van der Waals surface area contributed by atoms with Gasteiger partial charge in [-0.2, -0.15) is 0 Å². The van der Waals surface area contributed by atoms with E-state index >= 15 is 0 Å². The van der Waals surface area contributed by atoms with Gasteiger partial charge in [0.2, 0.25) is 0 Å². The van der Waals surface area contributed by atoms with Crippen LogP contribution < -0.4 is 5.73 Å². The van der Waals surface area contributed by atoms with Gasteiger partial charge in [-0.3, -0.25) is 4.90 Å². The van der Waals surface area contributed by atoms with Crippen molar-refractivity contribution in [1.29, 1.82) is 0 Å². The lowest BCUT2D eigenvalue weighted by Gasteiger charge is -2.35. The zero-order valence-electron chi connectivity index (χ0n) is 14.3. The summed E-state index contributed by atoms with van der Waals surface area (Å²) < 4.78 is 2.54. The van der Waals surface area contributed by atoms with Crippen molar-refractivity contribution in [3.05, 3.63) is 23.0 Å². The van der Waals surface area contributed by atoms with Crippen LogP contribution in [-0.4, -0.2) is 28.6 Å². The fourth-order valence-corrected chi connectivity index (χ4v) is 3.99. The summed E-state index contributed by atoms with van der Waals surface area (Å²) in [6.45, 7) is 10.4. The molecule has 0 spiro atoms. The topological polar surface area (TPSA) is 34.2 Å². The van der Waals surface area contributed by atoms with Crippen molar-refractivity contribution in [3.8, 4) is 0 Å². The third-order valence-electron chi connectivity index (χ3n) is 5.53. The molecule has 3 heteroatoms. The Labute approximate surface area is 129 Å². The van der Waals surface area contributed by atoms with Crippen molar-refractivity contribution in [2.75, 3.05) is 7.05 Å². The number of aryl methyl sites for hydroxylation is 1. The fraction of sp³-hybridized carbons (Fsp3) is 0.778. The number of likely N-dealkylation sites (N-methyl/N-ethyl adjacent to an activating group) is 1. The minimum Gasteiger partial charge on any atom is -0.347 e. The second-order valence-electron chi connectivity index (χ2n) is 8.20. The summed E-state index contributed by atoms with van der Waals surface area (Å²) in [7, 11) is 2.28. The monoisotopic (exact) mass is 289 g/mol. The molecule has 0 radical (unpaired) electrons. The van der Waals surface area contributed by atoms with Crippen LogP contribution in [0.5, 0.6) is 0 Å². The van der Waals surface area contributed by atoms with Gasteiger partial charge in [-0.1, -0.05) is 13.8 Å². The zero-order valence-corrected chi connectivity index (χ0v) is 14.3. The van der Waals surface area contributed by atoms with Gasteiger partial charge in [0.25, 0.3) is 0 Å². The van der Waals surface area contributed by atoms with Gasteiger partial charge in [0.1, 0.15) is 0 Å². The van der Waals surface area contributed by atoms with Crippen molar-refractivity contribution >= 4 is 0 Å². The summed E-state index contributed by atoms with van der Waals surface area (Å²) >= 11 is 0. The number of hydrogen-bond donors (Lipinski definition) is 1. The molecule has 0 saturated heterocycles. The molecule has 2 aliphatic carbocycles. The van der Waals surface area contributed by atoms with Crippen molar-refractivity contribution in [1.82, 2.24) is 9.47 Å². The lowest BCUT2D eigenvalue weighted by molar-refractivity contribution is 0.218. The minimum absolute atomic E-state index is 0.208. The smallest absolute Gasteiger partial charge is 0.0378 e. The molecular weight excluding hydrogens is 258 g/mol. The van der Waals surface area contributed by atoms with E-state index in [0.29, 0.717) is 11.5 Å². The summed E-state index contributed by atoms with van der Waals surface area (Å²) in [6, 6.07) is 3.96. The highest BCUT2D eigenvalue weighted by Gasteiger charge is 2.34. The maximum Gasteiger partial charge on any atom is 0.0378 e. The lowest BCUT2D eigenvalue weighted by Crippen LogP contribution is -2.36. The van der Waals surface area contributed by atoms with E-state index in [1.807, 2.05) is 0 Å². The molecule has 1 aromatic rings. The Morgan fingerprint density at radius 3 is 2.71 bits per heavy atom. The molecule has 2 unspecified atom stereocenters. The van der Waals surface area contributed by atoms with Crippen LogP contribution in [0.25, 0.3) is 0 Å². The third-order valence-corrected chi connectivity index (χ3v) is 5.53. The Hall–Kier alpha value is -0.800. The van der Waals surface area contributed by atoms with Gasteiger partial charge >= 0.3 is 0 Å². The number of rotatable bonds is 4. The van der Waals surface area contributed by atoms with Crippen LogP contribution in [0.15, 0.2) is 6.07 Å². The SMILES string of the molecule is Cc1cc2c(n1CC(C)N(C)C1CC1)CC(C)(C)CC2N. The maximum atomic E-state index is 6.43. The van der Waals surface area contributed by atoms with Crippen molar-refractivity contribution < 1.29 is 0 Å². The molecule has 1 saturated carbocycles. The Balaban J connectivity index is 1.85. The molecule has 1 heterocycles. The summed E-state index contributed by atoms with van der Waals surface area (Å²) in [6.07, 6.45) is 5.01. The van der Waals surface area contributed by atoms with Gasteiger partial charge in [0, 0.05) is 36.1 Å². The van der Waals surface area contributed by atoms with Gasteiger partial charge in [-0.15, -0.1) is 0 Å². The van der Waals surface area contributed by atoms with Crippen molar-refractivity contribution in [3.63, 3.8) is 0 Å². The summed E-state index contributed by atoms with van der Waals surface area (Å²) in [5.74, 6) is 0. The normalized spacial score (nSPS) is 26.0. The molecule has 21 heavy (non-hydrogen) atoms. The molecular formula is C18H31N3. The van der Waals surface area contributed by atoms with E-state index in [4.69, 9.17) is 5.73 Å². The van der Waals surface area contributed by atoms with Crippen LogP contribution in [0.4, 0.5) is 0 Å². The van der Waals surface area contributed by atoms with E-state index in [0.717, 1.165) is 25.4 Å². The molecule has 118 valence electrons. The molecule has 0 amide bonds. The Morgan fingerprint density at radius 2 is 2.10 bits per heavy atom. The number of nitrogens with zero attached hydrogens (tertiary/aromatic N) is 2. The first-order valence-corrected chi connectivity index (χ1v) is 8.45. The maximum absolute atomic E-state index is 6.43. The van der Waals surface area contributed by atoms with Gasteiger partial charge in [-0.25, -0.2) is 0 Å². The van der Waals surface area contributed by atoms with Gasteiger partial charge in [0.15, 0.2) is 0 Å². The highest BCUT2D eigenvalue weighted by atomic mass is 15.2. The summed E-state index contributed by atoms with van der Waals surface area (Å²) in [5, 5.41) is 0. The highest BCUT2D eigenvalue weighted by molar-refractivity contribution is 5.34. The summed E-state index contributed by atoms with van der Waals surface area (Å²) in [4.78, 5) is 2.56. The van der Waals surface area contributed by atoms with Crippen LogP contribution >= 0.6 is 0 Å². The van der Waals surface area contributed by atoms with E-state index in [1.54, 1.807) is 0 Å². The largest absolute Gasteiger partial charge is 0.347 e. The van der Waals surface area contributed by atoms with Crippen molar-refractivity contribution in [2.24, 2.45) is 11.1 Å². The first-order chi connectivity index (χ1) is 9.78. The highest BCUT2D eigenvalue weighted by Crippen LogP contribution is 2.41. The molecule has 3 nitrogen and oxygen atoms in total. The van der Waals surface area contributed by atoms with E-state index in [1.165, 1.54) is 29.8 Å². The Morgan fingerprint density at radius 1 is 1.43 bits per heavy atom. The van der Waals surface area contributed by atoms with Crippen LogP contribution in [0, 0.1) is 12.3 Å². The van der Waals surface area contributed by atoms with Gasteiger partial charge < -0.3 is 10.3 Å². The van der Waals surface area contributed by atoms with E-state index in [9.17, 15) is 0 Å². The van der Waals surface area contributed by atoms with E-state index < -0.39 is 0 Å². The fourth-order valence-electron chi connectivity index (χ4n) is 3.99. The molecule has 2 aliphatic rings. The number of aromatic nitrogens is 1. The van der Waals surface area contributed by atoms with Crippen molar-refractivity contribution in [2.45, 2.75) is 78.0 Å². The molecule has 0 aromatic carbocycles. The first kappa shape index (κ1) is 15.1. The summed E-state index contributed by atoms with van der Waals surface area (Å²) in [5.41, 5.74) is 11.0. The molecule has 1 aromatic heterocycles. The van der Waals surface area contributed by atoms with Crippen LogP contribution in [-0.2, 0) is 13.0 Å². The predicted octanol–water partition coefficient (Wildman–Crippen LogP) is 3.25. The molecule has 0 aliphatic heterocycles. The molecule has 1 fully saturated rings. The predicted molar refractivity (Wildman–Crippen MR) is 88.4 cm³/mol. The zero-order chi connectivity index (χ0) is 15.4. The standard InChI is InChI=1S/C18H31N3/c1-12-8-15-16(19)9-18(3,4)10-17(15)21(12)11-13(2)20(5)14-6-7-14/h8,13-14,16H,6-7,9-11,19H2,1-5H3. The number of fused-ring (bicyclic) bond motifs is 1. The lowest BCUT2D eigenvalue weighted by atomic mass is 9.74. The third kappa shape index (κ3) is 2.91. The van der Waals surface area contributed by atoms with Gasteiger partial charge in [0.05, 0.1) is 0 Å². The van der Waals surface area contributed by atoms with Crippen LogP contribution in [0.2, 0.25) is 0 Å². The quantitative estimate of drug-likeness (QED) is 0.923. The average Bonchev–Trinajstić information content (AvgIpc) is 3.17. The Bertz CT molecular complexity index is 525. The second-order valence-corrected chi connectivity index (χ2v) is 8.20. The molecule has 3 rings (SSSR count). The molecule has 0 bridgehead atoms. The number of nitrogens with two attached hydrogens (primary N) is 1. The van der Waals surface area contributed by atoms with Gasteiger partial charge in [-0.05, 0) is 63.6 Å². The van der Waals surface area contributed by atoms with E-state index in [2.05, 4.69) is 50.3 Å². The average molecular weight is 289 g/mol. The van der Waals surface area contributed by atoms with E-state index in [-0.39, 0.29) is 6.04 Å². The minimum atomic E-state index is 0.208.